The monoisotopic (exact) mass is 317 g/mol. The molecule has 2 aromatic rings. The Morgan fingerprint density at radius 3 is 2.64 bits per heavy atom. The Kier molecular flexibility index (Phi) is 4.68. The van der Waals surface area contributed by atoms with Crippen molar-refractivity contribution in [2.75, 3.05) is 7.11 Å². The Hall–Kier alpha value is -1.95. The number of nitrogens with zero attached hydrogens (tertiary/aromatic N) is 2. The molecule has 1 heterocycles. The molecule has 6 heteroatoms. The molecule has 0 spiro atoms. The summed E-state index contributed by atoms with van der Waals surface area (Å²) in [5.41, 5.74) is 1.52. The van der Waals surface area contributed by atoms with Gasteiger partial charge in [0.2, 0.25) is 0 Å². The Morgan fingerprint density at radius 2 is 1.95 bits per heavy atom. The molecule has 0 aliphatic heterocycles. The highest BCUT2D eigenvalue weighted by atomic mass is 32.1. The van der Waals surface area contributed by atoms with Gasteiger partial charge in [-0.25, -0.2) is 0 Å². The number of methoxy groups -OCH3 is 1. The van der Waals surface area contributed by atoms with Gasteiger partial charge in [-0.15, -0.1) is 5.10 Å². The molecule has 1 fully saturated rings. The summed E-state index contributed by atoms with van der Waals surface area (Å²) in [6.07, 6.45) is 5.78. The molecule has 1 N–H and O–H groups in total. The fourth-order valence-electron chi connectivity index (χ4n) is 2.78. The molecule has 0 bridgehead atoms. The summed E-state index contributed by atoms with van der Waals surface area (Å²) >= 11 is 1.15. The van der Waals surface area contributed by atoms with Crippen LogP contribution in [0.3, 0.4) is 0 Å². The standard InChI is InChI=1S/C16H19N3O2S/c1-21-13-9-7-11(8-10-13)14-15(22-19-18-14)16(20)17-12-5-3-2-4-6-12/h7-10,12H,2-6H2,1H3,(H,17,20). The van der Waals surface area contributed by atoms with Gasteiger partial charge in [0.1, 0.15) is 16.3 Å². The lowest BCUT2D eigenvalue weighted by molar-refractivity contribution is 0.0932. The Labute approximate surface area is 133 Å². The number of ether oxygens (including phenoxy) is 1. The Balaban J connectivity index is 1.76. The predicted octanol–water partition coefficient (Wildman–Crippen LogP) is 3.28. The van der Waals surface area contributed by atoms with E-state index in [1.165, 1.54) is 19.3 Å². The third-order valence-electron chi connectivity index (χ3n) is 4.00. The number of carbonyl (C=O) groups is 1. The first kappa shape index (κ1) is 15.0. The third-order valence-corrected chi connectivity index (χ3v) is 4.72. The summed E-state index contributed by atoms with van der Waals surface area (Å²) < 4.78 is 9.11. The second kappa shape index (κ2) is 6.87. The van der Waals surface area contributed by atoms with Crippen molar-refractivity contribution in [1.29, 1.82) is 0 Å². The molecule has 22 heavy (non-hydrogen) atoms. The largest absolute Gasteiger partial charge is 0.497 e. The fraction of sp³-hybridized carbons (Fsp3) is 0.438. The number of aromatic nitrogens is 2. The maximum absolute atomic E-state index is 12.5. The van der Waals surface area contributed by atoms with Crippen LogP contribution in [-0.2, 0) is 0 Å². The maximum Gasteiger partial charge on any atom is 0.265 e. The first-order valence-electron chi connectivity index (χ1n) is 7.55. The van der Waals surface area contributed by atoms with E-state index in [4.69, 9.17) is 4.74 Å². The lowest BCUT2D eigenvalue weighted by Crippen LogP contribution is -2.36. The molecule has 1 aromatic heterocycles. The topological polar surface area (TPSA) is 64.1 Å². The van der Waals surface area contributed by atoms with Gasteiger partial charge in [-0.1, -0.05) is 23.8 Å². The van der Waals surface area contributed by atoms with Gasteiger partial charge < -0.3 is 10.1 Å². The van der Waals surface area contributed by atoms with Crippen LogP contribution in [0.5, 0.6) is 5.75 Å². The second-order valence-electron chi connectivity index (χ2n) is 5.49. The van der Waals surface area contributed by atoms with Crippen LogP contribution in [0.15, 0.2) is 24.3 Å². The van der Waals surface area contributed by atoms with Crippen LogP contribution in [0.4, 0.5) is 0 Å². The molecule has 0 unspecified atom stereocenters. The van der Waals surface area contributed by atoms with Gasteiger partial charge in [0, 0.05) is 11.6 Å². The molecule has 3 rings (SSSR count). The third kappa shape index (κ3) is 3.27. The zero-order valence-electron chi connectivity index (χ0n) is 12.5. The van der Waals surface area contributed by atoms with Crippen molar-refractivity contribution < 1.29 is 9.53 Å². The van der Waals surface area contributed by atoms with Crippen molar-refractivity contribution in [3.8, 4) is 17.0 Å². The lowest BCUT2D eigenvalue weighted by Gasteiger charge is -2.22. The first-order valence-corrected chi connectivity index (χ1v) is 8.33. The summed E-state index contributed by atoms with van der Waals surface area (Å²) in [5, 5.41) is 7.24. The van der Waals surface area contributed by atoms with Crippen LogP contribution in [0.2, 0.25) is 0 Å². The van der Waals surface area contributed by atoms with Crippen LogP contribution in [0.1, 0.15) is 41.8 Å². The van der Waals surface area contributed by atoms with Gasteiger partial charge in [-0.3, -0.25) is 4.79 Å². The number of nitrogens with one attached hydrogen (secondary N) is 1. The van der Waals surface area contributed by atoms with Crippen molar-refractivity contribution in [2.45, 2.75) is 38.1 Å². The van der Waals surface area contributed by atoms with E-state index in [2.05, 4.69) is 14.9 Å². The number of hydrogen-bond acceptors (Lipinski definition) is 5. The molecule has 1 aliphatic carbocycles. The van der Waals surface area contributed by atoms with Gasteiger partial charge in [0.25, 0.3) is 5.91 Å². The average Bonchev–Trinajstić information content (AvgIpc) is 3.05. The average molecular weight is 317 g/mol. The van der Waals surface area contributed by atoms with Crippen LogP contribution in [0.25, 0.3) is 11.3 Å². The molecule has 116 valence electrons. The Bertz CT molecular complexity index is 633. The second-order valence-corrected chi connectivity index (χ2v) is 6.24. The molecule has 1 aliphatic rings. The first-order chi connectivity index (χ1) is 10.8. The van der Waals surface area contributed by atoms with Gasteiger partial charge in [-0.2, -0.15) is 0 Å². The Morgan fingerprint density at radius 1 is 1.23 bits per heavy atom. The summed E-state index contributed by atoms with van der Waals surface area (Å²) in [6.45, 7) is 0. The molecule has 0 radical (unpaired) electrons. The van der Waals surface area contributed by atoms with Gasteiger partial charge in [0.05, 0.1) is 7.11 Å². The SMILES string of the molecule is COc1ccc(-c2nnsc2C(=O)NC2CCCCC2)cc1. The fourth-order valence-corrected chi connectivity index (χ4v) is 3.37. The van der Waals surface area contributed by atoms with E-state index in [-0.39, 0.29) is 11.9 Å². The predicted molar refractivity (Wildman–Crippen MR) is 86.2 cm³/mol. The van der Waals surface area contributed by atoms with Crippen molar-refractivity contribution in [3.63, 3.8) is 0 Å². The van der Waals surface area contributed by atoms with Crippen molar-refractivity contribution >= 4 is 17.4 Å². The number of benzene rings is 1. The van der Waals surface area contributed by atoms with Crippen LogP contribution in [-0.4, -0.2) is 28.6 Å². The smallest absolute Gasteiger partial charge is 0.265 e. The van der Waals surface area contributed by atoms with Crippen LogP contribution < -0.4 is 10.1 Å². The van der Waals surface area contributed by atoms with E-state index in [0.29, 0.717) is 10.6 Å². The molecule has 0 atom stereocenters. The molecule has 5 nitrogen and oxygen atoms in total. The van der Waals surface area contributed by atoms with Gasteiger partial charge >= 0.3 is 0 Å². The highest BCUT2D eigenvalue weighted by Crippen LogP contribution is 2.26. The van der Waals surface area contributed by atoms with Crippen molar-refractivity contribution in [1.82, 2.24) is 14.9 Å². The molecule has 1 aromatic carbocycles. The quantitative estimate of drug-likeness (QED) is 0.940. The summed E-state index contributed by atoms with van der Waals surface area (Å²) in [4.78, 5) is 13.1. The van der Waals surface area contributed by atoms with E-state index in [1.54, 1.807) is 7.11 Å². The molecular weight excluding hydrogens is 298 g/mol. The van der Waals surface area contributed by atoms with E-state index < -0.39 is 0 Å². The van der Waals surface area contributed by atoms with E-state index >= 15 is 0 Å². The maximum atomic E-state index is 12.5. The van der Waals surface area contributed by atoms with E-state index in [0.717, 1.165) is 35.7 Å². The molecular formula is C16H19N3O2S. The van der Waals surface area contributed by atoms with Crippen LogP contribution >= 0.6 is 11.5 Å². The minimum atomic E-state index is -0.0623. The summed E-state index contributed by atoms with van der Waals surface area (Å²) in [5.74, 6) is 0.716. The summed E-state index contributed by atoms with van der Waals surface area (Å²) in [7, 11) is 1.63. The molecule has 0 saturated heterocycles. The zero-order valence-corrected chi connectivity index (χ0v) is 13.4. The molecule has 1 amide bonds. The van der Waals surface area contributed by atoms with Crippen LogP contribution in [0, 0.1) is 0 Å². The number of hydrogen-bond donors (Lipinski definition) is 1. The highest BCUT2D eigenvalue weighted by molar-refractivity contribution is 7.08. The number of carbonyl (C=O) groups excluding carboxylic acids is 1. The minimum Gasteiger partial charge on any atom is -0.497 e. The van der Waals surface area contributed by atoms with E-state index in [1.807, 2.05) is 24.3 Å². The summed E-state index contributed by atoms with van der Waals surface area (Å²) in [6, 6.07) is 7.79. The lowest BCUT2D eigenvalue weighted by atomic mass is 9.95. The highest BCUT2D eigenvalue weighted by Gasteiger charge is 2.21. The minimum absolute atomic E-state index is 0.0623. The van der Waals surface area contributed by atoms with Gasteiger partial charge in [-0.05, 0) is 48.6 Å². The normalized spacial score (nSPS) is 15.5. The number of amides is 1. The van der Waals surface area contributed by atoms with Crippen molar-refractivity contribution in [3.05, 3.63) is 29.1 Å². The molecule has 1 saturated carbocycles. The van der Waals surface area contributed by atoms with Gasteiger partial charge in [0.15, 0.2) is 0 Å². The number of rotatable bonds is 4. The van der Waals surface area contributed by atoms with Crippen molar-refractivity contribution in [2.24, 2.45) is 0 Å². The van der Waals surface area contributed by atoms with E-state index in [9.17, 15) is 4.79 Å². The zero-order chi connectivity index (χ0) is 15.4.